The van der Waals surface area contributed by atoms with Crippen molar-refractivity contribution in [3.8, 4) is 0 Å². The van der Waals surface area contributed by atoms with Crippen LogP contribution in [0.3, 0.4) is 0 Å². The molecule has 1 saturated heterocycles. The molecule has 1 aliphatic heterocycles. The van der Waals surface area contributed by atoms with Gasteiger partial charge in [0, 0.05) is 24.6 Å². The fourth-order valence-corrected chi connectivity index (χ4v) is 2.44. The number of aryl methyl sites for hydroxylation is 1. The van der Waals surface area contributed by atoms with E-state index in [1.54, 1.807) is 4.90 Å². The molecule has 19 heavy (non-hydrogen) atoms. The molecule has 1 N–H and O–H groups in total. The molecule has 0 unspecified atom stereocenters. The fourth-order valence-electron chi connectivity index (χ4n) is 2.44. The molecular weight excluding hydrogens is 240 g/mol. The average molecular weight is 258 g/mol. The number of hydrogen-bond acceptors (Lipinski definition) is 2. The fraction of sp³-hybridized carbons (Fsp3) is 0.467. The molecule has 0 aromatic heterocycles. The van der Waals surface area contributed by atoms with Crippen LogP contribution in [0.1, 0.15) is 24.8 Å². The second-order valence-electron chi connectivity index (χ2n) is 5.52. The largest absolute Gasteiger partial charge is 0.351 e. The summed E-state index contributed by atoms with van der Waals surface area (Å²) in [7, 11) is 0. The predicted molar refractivity (Wildman–Crippen MR) is 72.8 cm³/mol. The van der Waals surface area contributed by atoms with Crippen LogP contribution in [0.2, 0.25) is 0 Å². The Hall–Kier alpha value is -1.84. The number of hydrogen-bond donors (Lipinski definition) is 1. The first-order chi connectivity index (χ1) is 9.13. The van der Waals surface area contributed by atoms with E-state index < -0.39 is 0 Å². The first kappa shape index (κ1) is 12.2. The van der Waals surface area contributed by atoms with Crippen LogP contribution in [-0.2, 0) is 9.59 Å². The van der Waals surface area contributed by atoms with Gasteiger partial charge in [-0.2, -0.15) is 0 Å². The summed E-state index contributed by atoms with van der Waals surface area (Å²) in [6.45, 7) is 2.61. The zero-order valence-electron chi connectivity index (χ0n) is 11.1. The molecule has 1 saturated carbocycles. The molecule has 0 radical (unpaired) electrons. The Bertz CT molecular complexity index is 505. The molecule has 2 amide bonds. The van der Waals surface area contributed by atoms with Crippen LogP contribution < -0.4 is 10.2 Å². The highest BCUT2D eigenvalue weighted by Crippen LogP contribution is 2.29. The van der Waals surface area contributed by atoms with Crippen molar-refractivity contribution >= 4 is 17.5 Å². The second-order valence-corrected chi connectivity index (χ2v) is 5.52. The van der Waals surface area contributed by atoms with Gasteiger partial charge in [-0.05, 0) is 31.9 Å². The first-order valence-corrected chi connectivity index (χ1v) is 6.81. The Morgan fingerprint density at radius 1 is 1.26 bits per heavy atom. The highest BCUT2D eigenvalue weighted by molar-refractivity contribution is 5.97. The van der Waals surface area contributed by atoms with E-state index >= 15 is 0 Å². The zero-order valence-corrected chi connectivity index (χ0v) is 11.1. The van der Waals surface area contributed by atoms with Crippen molar-refractivity contribution in [3.05, 3.63) is 29.8 Å². The molecule has 1 aromatic rings. The summed E-state index contributed by atoms with van der Waals surface area (Å²) in [5.74, 6) is 0.400. The minimum atomic E-state index is -0.0399. The highest BCUT2D eigenvalue weighted by atomic mass is 16.2. The van der Waals surface area contributed by atoms with E-state index in [2.05, 4.69) is 5.32 Å². The summed E-state index contributed by atoms with van der Waals surface area (Å²) in [6.07, 6.45) is 2.40. The number of nitrogens with zero attached hydrogens (tertiary/aromatic N) is 1. The summed E-state index contributed by atoms with van der Waals surface area (Å²) in [6, 6.07) is 7.87. The summed E-state index contributed by atoms with van der Waals surface area (Å²) < 4.78 is 0. The van der Waals surface area contributed by atoms with Crippen LogP contribution in [0.25, 0.3) is 0 Å². The SMILES string of the molecule is Cc1ccc(N2C[C@@H](NC(=O)C3CC3)CC2=O)cc1. The first-order valence-electron chi connectivity index (χ1n) is 6.81. The quantitative estimate of drug-likeness (QED) is 0.895. The molecular formula is C15H18N2O2. The van der Waals surface area contributed by atoms with E-state index in [0.29, 0.717) is 13.0 Å². The van der Waals surface area contributed by atoms with Gasteiger partial charge in [0.05, 0.1) is 6.04 Å². The number of nitrogens with one attached hydrogen (secondary N) is 1. The zero-order chi connectivity index (χ0) is 13.4. The summed E-state index contributed by atoms with van der Waals surface area (Å²) >= 11 is 0. The van der Waals surface area contributed by atoms with Crippen LogP contribution in [0.5, 0.6) is 0 Å². The van der Waals surface area contributed by atoms with Gasteiger partial charge >= 0.3 is 0 Å². The van der Waals surface area contributed by atoms with Crippen molar-refractivity contribution in [2.24, 2.45) is 5.92 Å². The molecule has 100 valence electrons. The van der Waals surface area contributed by atoms with Crippen molar-refractivity contribution in [3.63, 3.8) is 0 Å². The Morgan fingerprint density at radius 3 is 2.58 bits per heavy atom. The molecule has 4 nitrogen and oxygen atoms in total. The molecule has 1 aliphatic carbocycles. The number of amides is 2. The predicted octanol–water partition coefficient (Wildman–Crippen LogP) is 1.63. The standard InChI is InChI=1S/C15H18N2O2/c1-10-2-6-13(7-3-10)17-9-12(8-14(17)18)16-15(19)11-4-5-11/h2-3,6-7,11-12H,4-5,8-9H2,1H3,(H,16,19)/t12-/m0/s1. The third kappa shape index (κ3) is 2.62. The number of carbonyl (C=O) groups is 2. The maximum Gasteiger partial charge on any atom is 0.229 e. The lowest BCUT2D eigenvalue weighted by Crippen LogP contribution is -2.37. The van der Waals surface area contributed by atoms with E-state index in [1.807, 2.05) is 31.2 Å². The van der Waals surface area contributed by atoms with E-state index in [1.165, 1.54) is 5.56 Å². The lowest BCUT2D eigenvalue weighted by Gasteiger charge is -2.17. The number of rotatable bonds is 3. The van der Waals surface area contributed by atoms with E-state index in [-0.39, 0.29) is 23.8 Å². The molecule has 3 rings (SSSR count). The van der Waals surface area contributed by atoms with Gasteiger partial charge in [-0.3, -0.25) is 9.59 Å². The smallest absolute Gasteiger partial charge is 0.229 e. The molecule has 0 spiro atoms. The molecule has 1 heterocycles. The minimum absolute atomic E-state index is 0.0399. The van der Waals surface area contributed by atoms with Gasteiger partial charge in [-0.15, -0.1) is 0 Å². The molecule has 4 heteroatoms. The van der Waals surface area contributed by atoms with E-state index in [9.17, 15) is 9.59 Å². The topological polar surface area (TPSA) is 49.4 Å². The van der Waals surface area contributed by atoms with Crippen molar-refractivity contribution in [2.75, 3.05) is 11.4 Å². The summed E-state index contributed by atoms with van der Waals surface area (Å²) in [5.41, 5.74) is 2.09. The molecule has 1 aromatic carbocycles. The number of anilines is 1. The maximum absolute atomic E-state index is 12.0. The van der Waals surface area contributed by atoms with Gasteiger partial charge in [-0.25, -0.2) is 0 Å². The molecule has 2 aliphatic rings. The second kappa shape index (κ2) is 4.68. The third-order valence-electron chi connectivity index (χ3n) is 3.77. The number of benzene rings is 1. The average Bonchev–Trinajstić information content (AvgIpc) is 3.16. The van der Waals surface area contributed by atoms with Crippen LogP contribution in [-0.4, -0.2) is 24.4 Å². The summed E-state index contributed by atoms with van der Waals surface area (Å²) in [4.78, 5) is 25.5. The Morgan fingerprint density at radius 2 is 1.95 bits per heavy atom. The third-order valence-corrected chi connectivity index (χ3v) is 3.77. The van der Waals surface area contributed by atoms with Crippen LogP contribution in [0, 0.1) is 12.8 Å². The van der Waals surface area contributed by atoms with Gasteiger partial charge in [0.1, 0.15) is 0 Å². The Labute approximate surface area is 112 Å². The van der Waals surface area contributed by atoms with Gasteiger partial charge < -0.3 is 10.2 Å². The molecule has 0 bridgehead atoms. The van der Waals surface area contributed by atoms with Crippen molar-refractivity contribution in [2.45, 2.75) is 32.2 Å². The Balaban J connectivity index is 1.65. The van der Waals surface area contributed by atoms with E-state index in [0.717, 1.165) is 18.5 Å². The number of carbonyl (C=O) groups excluding carboxylic acids is 2. The summed E-state index contributed by atoms with van der Waals surface area (Å²) in [5, 5.41) is 2.98. The Kier molecular flexibility index (Phi) is 3.01. The van der Waals surface area contributed by atoms with E-state index in [4.69, 9.17) is 0 Å². The van der Waals surface area contributed by atoms with Crippen LogP contribution in [0.15, 0.2) is 24.3 Å². The lowest BCUT2D eigenvalue weighted by atomic mass is 10.2. The lowest BCUT2D eigenvalue weighted by molar-refractivity contribution is -0.122. The normalized spacial score (nSPS) is 22.7. The van der Waals surface area contributed by atoms with Crippen molar-refractivity contribution in [1.29, 1.82) is 0 Å². The van der Waals surface area contributed by atoms with Gasteiger partial charge in [-0.1, -0.05) is 17.7 Å². The monoisotopic (exact) mass is 258 g/mol. The van der Waals surface area contributed by atoms with Crippen molar-refractivity contribution < 1.29 is 9.59 Å². The molecule has 1 atom stereocenters. The van der Waals surface area contributed by atoms with Crippen molar-refractivity contribution in [1.82, 2.24) is 5.32 Å². The minimum Gasteiger partial charge on any atom is -0.351 e. The highest BCUT2D eigenvalue weighted by Gasteiger charge is 2.35. The molecule has 2 fully saturated rings. The van der Waals surface area contributed by atoms with Crippen LogP contribution in [0.4, 0.5) is 5.69 Å². The van der Waals surface area contributed by atoms with Crippen LogP contribution >= 0.6 is 0 Å². The van der Waals surface area contributed by atoms with Gasteiger partial charge in [0.2, 0.25) is 11.8 Å². The van der Waals surface area contributed by atoms with Gasteiger partial charge in [0.15, 0.2) is 0 Å². The maximum atomic E-state index is 12.0. The van der Waals surface area contributed by atoms with Gasteiger partial charge in [0.25, 0.3) is 0 Å².